The standard InChI is InChI=1S/C25H25NO/c1-3-7-21(8-4-1)19-26-17-15-24(16-18-26)23-11-13-25(14-12-23)27-20-22-9-5-2-6-10-22/h1-15H,16-20H2. The molecule has 3 aromatic rings. The van der Waals surface area contributed by atoms with E-state index in [4.69, 9.17) is 4.74 Å². The molecule has 0 aromatic heterocycles. The summed E-state index contributed by atoms with van der Waals surface area (Å²) in [5.41, 5.74) is 5.32. The van der Waals surface area contributed by atoms with E-state index in [-0.39, 0.29) is 0 Å². The Labute approximate surface area is 161 Å². The third kappa shape index (κ3) is 4.87. The van der Waals surface area contributed by atoms with Gasteiger partial charge in [-0.25, -0.2) is 0 Å². The van der Waals surface area contributed by atoms with Gasteiger partial charge < -0.3 is 4.74 Å². The maximum Gasteiger partial charge on any atom is 0.119 e. The van der Waals surface area contributed by atoms with Gasteiger partial charge in [0.2, 0.25) is 0 Å². The first-order chi connectivity index (χ1) is 13.4. The zero-order chi connectivity index (χ0) is 18.3. The van der Waals surface area contributed by atoms with Gasteiger partial charge in [0.25, 0.3) is 0 Å². The molecule has 3 aromatic carbocycles. The van der Waals surface area contributed by atoms with Crippen LogP contribution in [0.4, 0.5) is 0 Å². The van der Waals surface area contributed by atoms with E-state index in [0.717, 1.165) is 31.8 Å². The molecule has 0 amide bonds. The van der Waals surface area contributed by atoms with Gasteiger partial charge in [0.1, 0.15) is 12.4 Å². The highest BCUT2D eigenvalue weighted by Crippen LogP contribution is 2.25. The first-order valence-electron chi connectivity index (χ1n) is 9.59. The van der Waals surface area contributed by atoms with Crippen molar-refractivity contribution < 1.29 is 4.74 Å². The highest BCUT2D eigenvalue weighted by Gasteiger charge is 2.13. The van der Waals surface area contributed by atoms with E-state index in [1.807, 2.05) is 18.2 Å². The van der Waals surface area contributed by atoms with Crippen LogP contribution >= 0.6 is 0 Å². The molecule has 0 aliphatic carbocycles. The van der Waals surface area contributed by atoms with E-state index in [0.29, 0.717) is 6.61 Å². The summed E-state index contributed by atoms with van der Waals surface area (Å²) in [6.07, 6.45) is 3.46. The molecule has 0 unspecified atom stereocenters. The maximum absolute atomic E-state index is 5.89. The van der Waals surface area contributed by atoms with Crippen LogP contribution in [0.3, 0.4) is 0 Å². The molecule has 0 atom stereocenters. The van der Waals surface area contributed by atoms with Gasteiger partial charge in [0.05, 0.1) is 0 Å². The van der Waals surface area contributed by atoms with Crippen LogP contribution in [0.15, 0.2) is 91.0 Å². The van der Waals surface area contributed by atoms with Gasteiger partial charge in [-0.2, -0.15) is 0 Å². The maximum atomic E-state index is 5.89. The second kappa shape index (κ2) is 8.70. The molecular formula is C25H25NO. The molecule has 1 heterocycles. The van der Waals surface area contributed by atoms with Crippen LogP contribution < -0.4 is 4.74 Å². The second-order valence-corrected chi connectivity index (χ2v) is 7.00. The third-order valence-corrected chi connectivity index (χ3v) is 5.02. The van der Waals surface area contributed by atoms with Crippen molar-refractivity contribution >= 4 is 5.57 Å². The number of nitrogens with zero attached hydrogens (tertiary/aromatic N) is 1. The van der Waals surface area contributed by atoms with E-state index in [9.17, 15) is 0 Å². The molecule has 0 bridgehead atoms. The molecule has 0 radical (unpaired) electrons. The molecule has 0 saturated carbocycles. The lowest BCUT2D eigenvalue weighted by Gasteiger charge is -2.26. The molecular weight excluding hydrogens is 330 g/mol. The normalized spacial score (nSPS) is 14.6. The Morgan fingerprint density at radius 3 is 2.04 bits per heavy atom. The molecule has 1 aliphatic heterocycles. The van der Waals surface area contributed by atoms with Crippen LogP contribution in [0.1, 0.15) is 23.1 Å². The Morgan fingerprint density at radius 2 is 1.41 bits per heavy atom. The lowest BCUT2D eigenvalue weighted by molar-refractivity contribution is 0.294. The third-order valence-electron chi connectivity index (χ3n) is 5.02. The monoisotopic (exact) mass is 355 g/mol. The lowest BCUT2D eigenvalue weighted by Crippen LogP contribution is -2.27. The Morgan fingerprint density at radius 1 is 0.741 bits per heavy atom. The average molecular weight is 355 g/mol. The van der Waals surface area contributed by atoms with Crippen molar-refractivity contribution in [3.8, 4) is 5.75 Å². The zero-order valence-electron chi connectivity index (χ0n) is 15.6. The van der Waals surface area contributed by atoms with Crippen molar-refractivity contribution in [3.63, 3.8) is 0 Å². The van der Waals surface area contributed by atoms with Gasteiger partial charge in [0.15, 0.2) is 0 Å². The topological polar surface area (TPSA) is 12.5 Å². The Bertz CT molecular complexity index is 869. The van der Waals surface area contributed by atoms with Crippen molar-refractivity contribution in [3.05, 3.63) is 108 Å². The smallest absolute Gasteiger partial charge is 0.119 e. The van der Waals surface area contributed by atoms with Crippen LogP contribution in [0.2, 0.25) is 0 Å². The van der Waals surface area contributed by atoms with Gasteiger partial charge in [-0.1, -0.05) is 78.9 Å². The minimum Gasteiger partial charge on any atom is -0.489 e. The fraction of sp³-hybridized carbons (Fsp3) is 0.200. The molecule has 0 N–H and O–H groups in total. The Kier molecular flexibility index (Phi) is 5.66. The van der Waals surface area contributed by atoms with Crippen LogP contribution in [0.25, 0.3) is 5.57 Å². The van der Waals surface area contributed by atoms with Gasteiger partial charge in [-0.15, -0.1) is 0 Å². The van der Waals surface area contributed by atoms with Crippen LogP contribution in [-0.4, -0.2) is 18.0 Å². The first kappa shape index (κ1) is 17.6. The minimum atomic E-state index is 0.608. The minimum absolute atomic E-state index is 0.608. The van der Waals surface area contributed by atoms with E-state index in [1.54, 1.807) is 0 Å². The molecule has 2 nitrogen and oxygen atoms in total. The summed E-state index contributed by atoms with van der Waals surface area (Å²) in [5, 5.41) is 0. The van der Waals surface area contributed by atoms with Crippen molar-refractivity contribution in [1.82, 2.24) is 4.90 Å². The Hall–Kier alpha value is -2.84. The summed E-state index contributed by atoms with van der Waals surface area (Å²) in [6, 6.07) is 29.5. The fourth-order valence-corrected chi connectivity index (χ4v) is 3.46. The SMILES string of the molecule is C1=C(c2ccc(OCc3ccccc3)cc2)CCN(Cc2ccccc2)C1. The molecule has 0 spiro atoms. The fourth-order valence-electron chi connectivity index (χ4n) is 3.46. The van der Waals surface area contributed by atoms with Gasteiger partial charge in [-0.05, 0) is 40.8 Å². The summed E-state index contributed by atoms with van der Waals surface area (Å²) in [5.74, 6) is 0.921. The first-order valence-corrected chi connectivity index (χ1v) is 9.59. The summed E-state index contributed by atoms with van der Waals surface area (Å²) >= 11 is 0. The van der Waals surface area contributed by atoms with Crippen LogP contribution in [0, 0.1) is 0 Å². The van der Waals surface area contributed by atoms with Crippen molar-refractivity contribution in [2.45, 2.75) is 19.6 Å². The highest BCUT2D eigenvalue weighted by molar-refractivity contribution is 5.67. The van der Waals surface area contributed by atoms with E-state index < -0.39 is 0 Å². The molecule has 136 valence electrons. The van der Waals surface area contributed by atoms with E-state index in [1.165, 1.54) is 22.3 Å². The number of hydrogen-bond acceptors (Lipinski definition) is 2. The van der Waals surface area contributed by atoms with Gasteiger partial charge in [0, 0.05) is 19.6 Å². The largest absolute Gasteiger partial charge is 0.489 e. The highest BCUT2D eigenvalue weighted by atomic mass is 16.5. The second-order valence-electron chi connectivity index (χ2n) is 7.00. The average Bonchev–Trinajstić information content (AvgIpc) is 2.75. The molecule has 0 saturated heterocycles. The number of ether oxygens (including phenoxy) is 1. The predicted octanol–water partition coefficient (Wildman–Crippen LogP) is 5.55. The van der Waals surface area contributed by atoms with E-state index >= 15 is 0 Å². The molecule has 0 fully saturated rings. The molecule has 4 rings (SSSR count). The number of rotatable bonds is 6. The summed E-state index contributed by atoms with van der Waals surface area (Å²) in [7, 11) is 0. The molecule has 2 heteroatoms. The summed E-state index contributed by atoms with van der Waals surface area (Å²) in [6.45, 7) is 3.75. The van der Waals surface area contributed by atoms with Gasteiger partial charge >= 0.3 is 0 Å². The van der Waals surface area contributed by atoms with Crippen molar-refractivity contribution in [1.29, 1.82) is 0 Å². The van der Waals surface area contributed by atoms with Crippen LogP contribution in [-0.2, 0) is 13.2 Å². The Balaban J connectivity index is 1.32. The molecule has 27 heavy (non-hydrogen) atoms. The quantitative estimate of drug-likeness (QED) is 0.574. The predicted molar refractivity (Wildman–Crippen MR) is 112 cm³/mol. The number of benzene rings is 3. The van der Waals surface area contributed by atoms with Crippen molar-refractivity contribution in [2.24, 2.45) is 0 Å². The van der Waals surface area contributed by atoms with Crippen LogP contribution in [0.5, 0.6) is 5.75 Å². The lowest BCUT2D eigenvalue weighted by atomic mass is 9.99. The van der Waals surface area contributed by atoms with Crippen molar-refractivity contribution in [2.75, 3.05) is 13.1 Å². The van der Waals surface area contributed by atoms with Gasteiger partial charge in [-0.3, -0.25) is 4.90 Å². The van der Waals surface area contributed by atoms with E-state index in [2.05, 4.69) is 77.7 Å². The zero-order valence-corrected chi connectivity index (χ0v) is 15.6. The summed E-state index contributed by atoms with van der Waals surface area (Å²) in [4.78, 5) is 2.50. The molecule has 1 aliphatic rings. The summed E-state index contributed by atoms with van der Waals surface area (Å²) < 4.78 is 5.89. The number of hydrogen-bond donors (Lipinski definition) is 0.